The second-order valence-corrected chi connectivity index (χ2v) is 5.02. The average Bonchev–Trinajstić information content (AvgIpc) is 2.40. The molecule has 0 aliphatic carbocycles. The van der Waals surface area contributed by atoms with E-state index in [2.05, 4.69) is 27.0 Å². The van der Waals surface area contributed by atoms with E-state index in [0.29, 0.717) is 11.3 Å². The summed E-state index contributed by atoms with van der Waals surface area (Å²) in [6.07, 6.45) is 3.30. The molecule has 1 aromatic carbocycles. The Morgan fingerprint density at radius 1 is 1.37 bits per heavy atom. The van der Waals surface area contributed by atoms with E-state index in [0.717, 1.165) is 21.2 Å². The average molecular weight is 314 g/mol. The maximum Gasteiger partial charge on any atom is 0.102 e. The molecule has 0 saturated heterocycles. The zero-order valence-corrected chi connectivity index (χ0v) is 12.0. The monoisotopic (exact) mass is 313 g/mol. The number of hydrogen-bond donors (Lipinski definition) is 1. The fraction of sp³-hybridized carbons (Fsp3) is 0.0667. The molecule has 4 heteroatoms. The zero-order chi connectivity index (χ0) is 13.8. The first-order valence-electron chi connectivity index (χ1n) is 5.70. The van der Waals surface area contributed by atoms with Crippen LogP contribution in [0.2, 0.25) is 0 Å². The smallest absolute Gasteiger partial charge is 0.102 e. The summed E-state index contributed by atoms with van der Waals surface area (Å²) >= 11 is 3.41. The molecule has 2 aromatic rings. The van der Waals surface area contributed by atoms with Crippen LogP contribution in [0.1, 0.15) is 16.7 Å². The van der Waals surface area contributed by atoms with Gasteiger partial charge < -0.3 is 5.73 Å². The highest BCUT2D eigenvalue weighted by molar-refractivity contribution is 9.10. The van der Waals surface area contributed by atoms with E-state index in [1.165, 1.54) is 0 Å². The molecule has 0 aliphatic heterocycles. The maximum absolute atomic E-state index is 9.33. The Kier molecular flexibility index (Phi) is 3.98. The number of benzene rings is 1. The minimum atomic E-state index is 0.443. The van der Waals surface area contributed by atoms with E-state index < -0.39 is 0 Å². The molecule has 94 valence electrons. The molecule has 0 saturated carbocycles. The standard InChI is InChI=1S/C15H12BrN3/c1-10-7-12(16)4-5-13(10)15(18)14(8-17)11-3-2-6-19-9-11/h2-7,9H,18H2,1H3/b15-14+. The van der Waals surface area contributed by atoms with E-state index in [9.17, 15) is 5.26 Å². The quantitative estimate of drug-likeness (QED) is 0.863. The van der Waals surface area contributed by atoms with Crippen molar-refractivity contribution in [1.29, 1.82) is 5.26 Å². The molecule has 0 fully saturated rings. The Bertz CT molecular complexity index is 670. The number of allylic oxidation sites excluding steroid dienone is 1. The largest absolute Gasteiger partial charge is 0.397 e. The zero-order valence-electron chi connectivity index (χ0n) is 10.4. The van der Waals surface area contributed by atoms with Crippen LogP contribution in [-0.2, 0) is 0 Å². The number of pyridine rings is 1. The van der Waals surface area contributed by atoms with Gasteiger partial charge in [0.1, 0.15) is 6.07 Å². The molecule has 0 aliphatic rings. The van der Waals surface area contributed by atoms with Gasteiger partial charge in [0.25, 0.3) is 0 Å². The van der Waals surface area contributed by atoms with Crippen molar-refractivity contribution in [3.63, 3.8) is 0 Å². The highest BCUT2D eigenvalue weighted by atomic mass is 79.9. The molecule has 1 aromatic heterocycles. The predicted molar refractivity (Wildman–Crippen MR) is 79.7 cm³/mol. The first-order chi connectivity index (χ1) is 9.13. The van der Waals surface area contributed by atoms with Crippen molar-refractivity contribution in [3.05, 3.63) is 63.9 Å². The highest BCUT2D eigenvalue weighted by Crippen LogP contribution is 2.25. The molecule has 0 unspecified atom stereocenters. The highest BCUT2D eigenvalue weighted by Gasteiger charge is 2.10. The summed E-state index contributed by atoms with van der Waals surface area (Å²) in [5.74, 6) is 0. The van der Waals surface area contributed by atoms with E-state index in [1.54, 1.807) is 18.5 Å². The van der Waals surface area contributed by atoms with Gasteiger partial charge in [-0.2, -0.15) is 5.26 Å². The van der Waals surface area contributed by atoms with Crippen LogP contribution >= 0.6 is 15.9 Å². The van der Waals surface area contributed by atoms with Gasteiger partial charge >= 0.3 is 0 Å². The summed E-state index contributed by atoms with van der Waals surface area (Å²) in [5, 5.41) is 9.33. The SMILES string of the molecule is Cc1cc(Br)ccc1/C(N)=C(/C#N)c1cccnc1. The molecule has 2 rings (SSSR count). The van der Waals surface area contributed by atoms with E-state index >= 15 is 0 Å². The van der Waals surface area contributed by atoms with Crippen molar-refractivity contribution >= 4 is 27.2 Å². The maximum atomic E-state index is 9.33. The number of aromatic nitrogens is 1. The molecule has 19 heavy (non-hydrogen) atoms. The van der Waals surface area contributed by atoms with Crippen molar-refractivity contribution in [2.45, 2.75) is 6.92 Å². The summed E-state index contributed by atoms with van der Waals surface area (Å²) in [7, 11) is 0. The third kappa shape index (κ3) is 2.83. The van der Waals surface area contributed by atoms with Crippen molar-refractivity contribution < 1.29 is 0 Å². The van der Waals surface area contributed by atoms with Crippen LogP contribution in [0.15, 0.2) is 47.2 Å². The van der Waals surface area contributed by atoms with Gasteiger partial charge in [0.05, 0.1) is 11.3 Å². The number of nitriles is 1. The first-order valence-corrected chi connectivity index (χ1v) is 6.49. The Morgan fingerprint density at radius 2 is 2.16 bits per heavy atom. The molecule has 2 N–H and O–H groups in total. The van der Waals surface area contributed by atoms with Crippen molar-refractivity contribution in [2.75, 3.05) is 0 Å². The lowest BCUT2D eigenvalue weighted by atomic mass is 9.99. The summed E-state index contributed by atoms with van der Waals surface area (Å²) in [4.78, 5) is 4.02. The Morgan fingerprint density at radius 3 is 2.74 bits per heavy atom. The fourth-order valence-electron chi connectivity index (χ4n) is 1.85. The summed E-state index contributed by atoms with van der Waals surface area (Å²) in [6.45, 7) is 1.96. The number of halogens is 1. The van der Waals surface area contributed by atoms with E-state index in [-0.39, 0.29) is 0 Å². The summed E-state index contributed by atoms with van der Waals surface area (Å²) in [6, 6.07) is 11.6. The van der Waals surface area contributed by atoms with Crippen LogP contribution in [0, 0.1) is 18.3 Å². The van der Waals surface area contributed by atoms with Gasteiger partial charge in [-0.25, -0.2) is 0 Å². The van der Waals surface area contributed by atoms with E-state index in [4.69, 9.17) is 5.73 Å². The molecule has 0 atom stereocenters. The van der Waals surface area contributed by atoms with Crippen molar-refractivity contribution in [3.8, 4) is 6.07 Å². The third-order valence-electron chi connectivity index (χ3n) is 2.81. The van der Waals surface area contributed by atoms with Crippen LogP contribution in [0.3, 0.4) is 0 Å². The van der Waals surface area contributed by atoms with Gasteiger partial charge in [0, 0.05) is 28.0 Å². The fourth-order valence-corrected chi connectivity index (χ4v) is 2.33. The summed E-state index contributed by atoms with van der Waals surface area (Å²) in [5.41, 5.74) is 9.67. The van der Waals surface area contributed by atoms with Crippen LogP contribution in [-0.4, -0.2) is 4.98 Å². The number of nitrogens with zero attached hydrogens (tertiary/aromatic N) is 2. The lowest BCUT2D eigenvalue weighted by Gasteiger charge is -2.09. The minimum Gasteiger partial charge on any atom is -0.397 e. The first kappa shape index (κ1) is 13.3. The molecular weight excluding hydrogens is 302 g/mol. The predicted octanol–water partition coefficient (Wildman–Crippen LogP) is 3.50. The molecule has 3 nitrogen and oxygen atoms in total. The molecule has 1 heterocycles. The van der Waals surface area contributed by atoms with Crippen LogP contribution in [0.4, 0.5) is 0 Å². The lowest BCUT2D eigenvalue weighted by Crippen LogP contribution is -2.02. The second kappa shape index (κ2) is 5.68. The van der Waals surface area contributed by atoms with Gasteiger partial charge in [0.15, 0.2) is 0 Å². The van der Waals surface area contributed by atoms with Gasteiger partial charge in [-0.15, -0.1) is 0 Å². The van der Waals surface area contributed by atoms with Gasteiger partial charge in [0.2, 0.25) is 0 Å². The number of hydrogen-bond acceptors (Lipinski definition) is 3. The normalized spacial score (nSPS) is 11.6. The minimum absolute atomic E-state index is 0.443. The molecule has 0 bridgehead atoms. The van der Waals surface area contributed by atoms with Gasteiger partial charge in [-0.1, -0.05) is 28.1 Å². The van der Waals surface area contributed by atoms with Crippen LogP contribution < -0.4 is 5.73 Å². The van der Waals surface area contributed by atoms with Crippen LogP contribution in [0.5, 0.6) is 0 Å². The number of nitrogens with two attached hydrogens (primary N) is 1. The summed E-state index contributed by atoms with van der Waals surface area (Å²) < 4.78 is 0.987. The molecule has 0 amide bonds. The lowest BCUT2D eigenvalue weighted by molar-refractivity contribution is 1.31. The third-order valence-corrected chi connectivity index (χ3v) is 3.30. The van der Waals surface area contributed by atoms with Gasteiger partial charge in [-0.05, 0) is 30.7 Å². The Hall–Kier alpha value is -2.12. The van der Waals surface area contributed by atoms with Crippen molar-refractivity contribution in [1.82, 2.24) is 4.98 Å². The molecule has 0 spiro atoms. The number of rotatable bonds is 2. The van der Waals surface area contributed by atoms with E-state index in [1.807, 2.05) is 31.2 Å². The second-order valence-electron chi connectivity index (χ2n) is 4.10. The van der Waals surface area contributed by atoms with Gasteiger partial charge in [-0.3, -0.25) is 4.98 Å². The molecule has 0 radical (unpaired) electrons. The Balaban J connectivity index is 2.59. The van der Waals surface area contributed by atoms with Crippen molar-refractivity contribution in [2.24, 2.45) is 5.73 Å². The number of aryl methyl sites for hydroxylation is 1. The molecular formula is C15H12BrN3. The Labute approximate surface area is 120 Å². The van der Waals surface area contributed by atoms with Crippen LogP contribution in [0.25, 0.3) is 11.3 Å². The topological polar surface area (TPSA) is 62.7 Å².